The van der Waals surface area contributed by atoms with Crippen molar-refractivity contribution in [2.24, 2.45) is 12.2 Å². The highest BCUT2D eigenvalue weighted by Crippen LogP contribution is 2.31. The summed E-state index contributed by atoms with van der Waals surface area (Å²) in [5.41, 5.74) is 1.27. The molecule has 0 aliphatic rings. The van der Waals surface area contributed by atoms with Crippen molar-refractivity contribution in [2.75, 3.05) is 12.4 Å². The van der Waals surface area contributed by atoms with Gasteiger partial charge in [0.25, 0.3) is 0 Å². The molecular formula is C19H21N5O4S2. The molecule has 0 bridgehead atoms. The van der Waals surface area contributed by atoms with Gasteiger partial charge in [-0.3, -0.25) is 4.79 Å². The summed E-state index contributed by atoms with van der Waals surface area (Å²) in [6, 6.07) is 13.1. The minimum Gasteiger partial charge on any atom is -0.496 e. The molecule has 1 atom stereocenters. The highest BCUT2D eigenvalue weighted by molar-refractivity contribution is 8.00. The normalized spacial score (nSPS) is 12.4. The molecule has 0 fully saturated rings. The zero-order valence-corrected chi connectivity index (χ0v) is 18.2. The molecule has 9 nitrogen and oxygen atoms in total. The Bertz CT molecular complexity index is 1160. The van der Waals surface area contributed by atoms with Gasteiger partial charge in [0.1, 0.15) is 5.75 Å². The van der Waals surface area contributed by atoms with Crippen molar-refractivity contribution >= 4 is 33.4 Å². The van der Waals surface area contributed by atoms with E-state index < -0.39 is 15.3 Å². The van der Waals surface area contributed by atoms with Crippen molar-refractivity contribution in [1.29, 1.82) is 0 Å². The van der Waals surface area contributed by atoms with Crippen LogP contribution in [-0.2, 0) is 21.9 Å². The van der Waals surface area contributed by atoms with Gasteiger partial charge in [-0.25, -0.2) is 13.6 Å². The van der Waals surface area contributed by atoms with Gasteiger partial charge in [0.2, 0.25) is 15.9 Å². The largest absolute Gasteiger partial charge is 0.496 e. The maximum atomic E-state index is 12.5. The van der Waals surface area contributed by atoms with Gasteiger partial charge in [-0.1, -0.05) is 23.9 Å². The number of nitrogens with two attached hydrogens (primary N) is 1. The number of nitrogens with zero attached hydrogens (tertiary/aromatic N) is 3. The quantitative estimate of drug-likeness (QED) is 0.531. The lowest BCUT2D eigenvalue weighted by Crippen LogP contribution is -2.23. The lowest BCUT2D eigenvalue weighted by Gasteiger charge is -2.12. The van der Waals surface area contributed by atoms with Crippen LogP contribution < -0.4 is 15.2 Å². The van der Waals surface area contributed by atoms with Gasteiger partial charge >= 0.3 is 0 Å². The predicted molar refractivity (Wildman–Crippen MR) is 115 cm³/mol. The van der Waals surface area contributed by atoms with E-state index in [-0.39, 0.29) is 10.8 Å². The fourth-order valence-corrected chi connectivity index (χ4v) is 4.00. The van der Waals surface area contributed by atoms with Gasteiger partial charge in [-0.05, 0) is 43.3 Å². The number of nitrogens with one attached hydrogen (secondary N) is 1. The summed E-state index contributed by atoms with van der Waals surface area (Å²) in [6.45, 7) is 1.75. The Labute approximate surface area is 178 Å². The van der Waals surface area contributed by atoms with E-state index in [0.717, 1.165) is 5.56 Å². The van der Waals surface area contributed by atoms with Crippen molar-refractivity contribution in [2.45, 2.75) is 22.2 Å². The molecule has 0 saturated carbocycles. The number of para-hydroxylation sites is 1. The molecule has 158 valence electrons. The molecular weight excluding hydrogens is 426 g/mol. The number of hydrogen-bond donors (Lipinski definition) is 2. The van der Waals surface area contributed by atoms with E-state index in [0.29, 0.717) is 22.4 Å². The van der Waals surface area contributed by atoms with Crippen LogP contribution in [0.1, 0.15) is 6.92 Å². The van der Waals surface area contributed by atoms with Crippen molar-refractivity contribution in [3.05, 3.63) is 48.5 Å². The number of aromatic nitrogens is 3. The zero-order chi connectivity index (χ0) is 21.9. The number of carbonyl (C=O) groups is 1. The van der Waals surface area contributed by atoms with E-state index in [2.05, 4.69) is 15.5 Å². The summed E-state index contributed by atoms with van der Waals surface area (Å²) in [6.07, 6.45) is 0. The van der Waals surface area contributed by atoms with Gasteiger partial charge in [0.15, 0.2) is 11.0 Å². The van der Waals surface area contributed by atoms with Crippen LogP contribution in [0.25, 0.3) is 11.4 Å². The van der Waals surface area contributed by atoms with Crippen molar-refractivity contribution < 1.29 is 17.9 Å². The minimum absolute atomic E-state index is 0.0223. The number of sulfonamides is 1. The summed E-state index contributed by atoms with van der Waals surface area (Å²) >= 11 is 1.25. The Kier molecular flexibility index (Phi) is 6.44. The van der Waals surface area contributed by atoms with Crippen LogP contribution in [0.2, 0.25) is 0 Å². The molecule has 3 N–H and O–H groups in total. The predicted octanol–water partition coefficient (Wildman–Crippen LogP) is 2.26. The maximum absolute atomic E-state index is 12.5. The van der Waals surface area contributed by atoms with Crippen LogP contribution in [0, 0.1) is 0 Å². The number of ether oxygens (including phenoxy) is 1. The average molecular weight is 448 g/mol. The van der Waals surface area contributed by atoms with Gasteiger partial charge in [0, 0.05) is 12.7 Å². The van der Waals surface area contributed by atoms with E-state index in [1.165, 1.54) is 36.0 Å². The van der Waals surface area contributed by atoms with E-state index >= 15 is 0 Å². The average Bonchev–Trinajstić information content (AvgIpc) is 3.07. The smallest absolute Gasteiger partial charge is 0.238 e. The molecule has 0 saturated heterocycles. The first-order valence-electron chi connectivity index (χ1n) is 8.84. The third kappa shape index (κ3) is 4.81. The van der Waals surface area contributed by atoms with Gasteiger partial charge in [-0.2, -0.15) is 0 Å². The standard InChI is InChI=1S/C19H21N5O4S2/c1-12(18(25)21-13-8-10-14(11-9-13)30(20,26)27)29-19-23-22-17(24(19)2)15-6-4-5-7-16(15)28-3/h4-12H,1-3H3,(H,21,25)(H2,20,26,27)/t12-/m1/s1. The number of anilines is 1. The highest BCUT2D eigenvalue weighted by Gasteiger charge is 2.21. The lowest BCUT2D eigenvalue weighted by molar-refractivity contribution is -0.115. The molecule has 3 aromatic rings. The zero-order valence-electron chi connectivity index (χ0n) is 16.6. The monoisotopic (exact) mass is 447 g/mol. The van der Waals surface area contributed by atoms with Crippen LogP contribution >= 0.6 is 11.8 Å². The number of methoxy groups -OCH3 is 1. The van der Waals surface area contributed by atoms with E-state index in [9.17, 15) is 13.2 Å². The second-order valence-corrected chi connectivity index (χ2v) is 9.25. The first-order chi connectivity index (χ1) is 14.2. The second-order valence-electron chi connectivity index (χ2n) is 6.38. The molecule has 0 aliphatic carbocycles. The molecule has 1 amide bonds. The molecule has 0 radical (unpaired) electrons. The van der Waals surface area contributed by atoms with Crippen LogP contribution in [-0.4, -0.2) is 41.4 Å². The molecule has 3 rings (SSSR count). The Morgan fingerprint density at radius 1 is 1.17 bits per heavy atom. The summed E-state index contributed by atoms with van der Waals surface area (Å²) in [5, 5.41) is 16.3. The minimum atomic E-state index is -3.78. The van der Waals surface area contributed by atoms with Crippen LogP contribution in [0.5, 0.6) is 5.75 Å². The molecule has 1 heterocycles. The number of amides is 1. The first-order valence-corrected chi connectivity index (χ1v) is 11.3. The summed E-state index contributed by atoms with van der Waals surface area (Å²) < 4.78 is 29.8. The Morgan fingerprint density at radius 2 is 1.83 bits per heavy atom. The van der Waals surface area contributed by atoms with Gasteiger partial charge < -0.3 is 14.6 Å². The topological polar surface area (TPSA) is 129 Å². The molecule has 30 heavy (non-hydrogen) atoms. The fourth-order valence-electron chi connectivity index (χ4n) is 2.66. The SMILES string of the molecule is COc1ccccc1-c1nnc(S[C@H](C)C(=O)Nc2ccc(S(N)(=O)=O)cc2)n1C. The van der Waals surface area contributed by atoms with Crippen LogP contribution in [0.3, 0.4) is 0 Å². The van der Waals surface area contributed by atoms with Gasteiger partial charge in [0.05, 0.1) is 22.8 Å². The third-order valence-electron chi connectivity index (χ3n) is 4.28. The molecule has 0 spiro atoms. The molecule has 11 heteroatoms. The number of primary sulfonamides is 1. The summed E-state index contributed by atoms with van der Waals surface area (Å²) in [5.74, 6) is 1.05. The van der Waals surface area contributed by atoms with Crippen molar-refractivity contribution in [1.82, 2.24) is 14.8 Å². The van der Waals surface area contributed by atoms with E-state index in [1.807, 2.05) is 31.3 Å². The number of benzene rings is 2. The molecule has 0 unspecified atom stereocenters. The second kappa shape index (κ2) is 8.86. The number of hydrogen-bond acceptors (Lipinski definition) is 7. The molecule has 0 aliphatic heterocycles. The van der Waals surface area contributed by atoms with Crippen molar-refractivity contribution in [3.8, 4) is 17.1 Å². The highest BCUT2D eigenvalue weighted by atomic mass is 32.2. The summed E-state index contributed by atoms with van der Waals surface area (Å²) in [7, 11) is -0.369. The van der Waals surface area contributed by atoms with Crippen LogP contribution in [0.4, 0.5) is 5.69 Å². The van der Waals surface area contributed by atoms with E-state index in [4.69, 9.17) is 9.88 Å². The van der Waals surface area contributed by atoms with Gasteiger partial charge in [-0.15, -0.1) is 10.2 Å². The molecule has 1 aromatic heterocycles. The number of carbonyl (C=O) groups excluding carboxylic acids is 1. The Balaban J connectivity index is 1.71. The Morgan fingerprint density at radius 3 is 2.47 bits per heavy atom. The lowest BCUT2D eigenvalue weighted by atomic mass is 10.2. The first kappa shape index (κ1) is 21.8. The fraction of sp³-hybridized carbons (Fsp3) is 0.211. The van der Waals surface area contributed by atoms with Crippen LogP contribution in [0.15, 0.2) is 58.6 Å². The summed E-state index contributed by atoms with van der Waals surface area (Å²) in [4.78, 5) is 12.5. The maximum Gasteiger partial charge on any atom is 0.238 e. The number of rotatable bonds is 7. The third-order valence-corrected chi connectivity index (χ3v) is 6.35. The Hall–Kier alpha value is -2.89. The van der Waals surface area contributed by atoms with Crippen molar-refractivity contribution in [3.63, 3.8) is 0 Å². The number of thioether (sulfide) groups is 1. The van der Waals surface area contributed by atoms with E-state index in [1.54, 1.807) is 18.6 Å². The molecule has 2 aromatic carbocycles.